The molecule has 7 nitrogen and oxygen atoms in total. The largest absolute Gasteiger partial charge is 0.352 e. The molecule has 1 saturated heterocycles. The Bertz CT molecular complexity index is 909. The second-order valence-electron chi connectivity index (χ2n) is 7.56. The highest BCUT2D eigenvalue weighted by atomic mass is 16.2. The van der Waals surface area contributed by atoms with E-state index in [1.807, 2.05) is 35.0 Å². The Morgan fingerprint density at radius 1 is 1.04 bits per heavy atom. The molecule has 0 bridgehead atoms. The zero-order valence-corrected chi connectivity index (χ0v) is 15.1. The van der Waals surface area contributed by atoms with Crippen LogP contribution in [0.3, 0.4) is 0 Å². The van der Waals surface area contributed by atoms with Crippen LogP contribution in [0.4, 0.5) is 11.9 Å². The normalized spacial score (nSPS) is 29.4. The second kappa shape index (κ2) is 6.04. The van der Waals surface area contributed by atoms with Crippen molar-refractivity contribution in [3.05, 3.63) is 48.0 Å². The molecular formula is C20H21N5O2. The SMILES string of the molecule is C[C@H]1C[C@@H](c2ccccc2)n2nc(N3C(=O)[C@H]4CC=CC[C@@H]4C3=O)nc2N1. The number of rotatable bonds is 2. The summed E-state index contributed by atoms with van der Waals surface area (Å²) in [5.41, 5.74) is 1.14. The van der Waals surface area contributed by atoms with Crippen LogP contribution in [0.5, 0.6) is 0 Å². The summed E-state index contributed by atoms with van der Waals surface area (Å²) < 4.78 is 1.81. The molecule has 0 saturated carbocycles. The van der Waals surface area contributed by atoms with E-state index in [1.165, 1.54) is 4.90 Å². The van der Waals surface area contributed by atoms with E-state index in [4.69, 9.17) is 0 Å². The highest BCUT2D eigenvalue weighted by molar-refractivity contribution is 6.21. The van der Waals surface area contributed by atoms with E-state index in [-0.39, 0.29) is 41.7 Å². The number of carbonyl (C=O) groups is 2. The molecule has 4 atom stereocenters. The number of allylic oxidation sites excluding steroid dienone is 2. The molecule has 7 heteroatoms. The van der Waals surface area contributed by atoms with Gasteiger partial charge in [-0.15, -0.1) is 5.10 Å². The van der Waals surface area contributed by atoms with Gasteiger partial charge in [0.2, 0.25) is 17.8 Å². The molecule has 138 valence electrons. The number of aromatic nitrogens is 3. The van der Waals surface area contributed by atoms with Crippen LogP contribution in [0.1, 0.15) is 37.8 Å². The van der Waals surface area contributed by atoms with Crippen molar-refractivity contribution in [2.75, 3.05) is 10.2 Å². The zero-order chi connectivity index (χ0) is 18.5. The maximum atomic E-state index is 12.8. The first-order chi connectivity index (χ1) is 13.1. The molecular weight excluding hydrogens is 342 g/mol. The van der Waals surface area contributed by atoms with Crippen molar-refractivity contribution in [3.8, 4) is 0 Å². The van der Waals surface area contributed by atoms with Gasteiger partial charge in [-0.25, -0.2) is 9.58 Å². The fourth-order valence-electron chi connectivity index (χ4n) is 4.39. The van der Waals surface area contributed by atoms with E-state index in [0.717, 1.165) is 12.0 Å². The quantitative estimate of drug-likeness (QED) is 0.655. The van der Waals surface area contributed by atoms with Crippen molar-refractivity contribution >= 4 is 23.7 Å². The number of fused-ring (bicyclic) bond motifs is 2. The van der Waals surface area contributed by atoms with E-state index in [2.05, 4.69) is 34.5 Å². The highest BCUT2D eigenvalue weighted by Crippen LogP contribution is 2.38. The second-order valence-corrected chi connectivity index (χ2v) is 7.56. The molecule has 2 amide bonds. The monoisotopic (exact) mass is 363 g/mol. The van der Waals surface area contributed by atoms with Gasteiger partial charge in [-0.2, -0.15) is 4.98 Å². The molecule has 5 rings (SSSR count). The molecule has 1 aromatic heterocycles. The maximum Gasteiger partial charge on any atom is 0.260 e. The van der Waals surface area contributed by atoms with Gasteiger partial charge in [0, 0.05) is 6.04 Å². The topological polar surface area (TPSA) is 80.1 Å². The molecule has 0 unspecified atom stereocenters. The first kappa shape index (κ1) is 16.2. The van der Waals surface area contributed by atoms with Crippen molar-refractivity contribution < 1.29 is 9.59 Å². The Labute approximate surface area is 157 Å². The smallest absolute Gasteiger partial charge is 0.260 e. The van der Waals surface area contributed by atoms with Gasteiger partial charge < -0.3 is 5.32 Å². The average Bonchev–Trinajstić information content (AvgIpc) is 3.21. The molecule has 2 aromatic rings. The van der Waals surface area contributed by atoms with Crippen LogP contribution in [0, 0.1) is 11.8 Å². The predicted molar refractivity (Wildman–Crippen MR) is 100 cm³/mol. The first-order valence-corrected chi connectivity index (χ1v) is 9.44. The number of nitrogens with one attached hydrogen (secondary N) is 1. The van der Waals surface area contributed by atoms with Crippen LogP contribution in [0.25, 0.3) is 0 Å². The lowest BCUT2D eigenvalue weighted by Gasteiger charge is -2.29. The summed E-state index contributed by atoms with van der Waals surface area (Å²) in [7, 11) is 0. The van der Waals surface area contributed by atoms with Gasteiger partial charge in [0.15, 0.2) is 0 Å². The lowest BCUT2D eigenvalue weighted by Crippen LogP contribution is -2.32. The van der Waals surface area contributed by atoms with Crippen LogP contribution in [0.15, 0.2) is 42.5 Å². The predicted octanol–water partition coefficient (Wildman–Crippen LogP) is 2.53. The summed E-state index contributed by atoms with van der Waals surface area (Å²) in [4.78, 5) is 31.4. The number of benzene rings is 1. The van der Waals surface area contributed by atoms with Crippen LogP contribution in [-0.2, 0) is 9.59 Å². The minimum atomic E-state index is -0.278. The van der Waals surface area contributed by atoms with E-state index in [0.29, 0.717) is 18.8 Å². The number of nitrogens with zero attached hydrogens (tertiary/aromatic N) is 4. The van der Waals surface area contributed by atoms with Gasteiger partial charge in [-0.1, -0.05) is 42.5 Å². The molecule has 1 aromatic carbocycles. The van der Waals surface area contributed by atoms with Crippen molar-refractivity contribution in [2.45, 2.75) is 38.3 Å². The number of carbonyl (C=O) groups excluding carboxylic acids is 2. The number of hydrogen-bond acceptors (Lipinski definition) is 5. The standard InChI is InChI=1S/C20H21N5O2/c1-12-11-16(13-7-3-2-4-8-13)25-19(21-12)22-20(23-25)24-17(26)14-9-5-6-10-15(14)18(24)27/h2-8,12,14-16H,9-11H2,1H3,(H,21,22,23)/t12-,14-,15-,16-/m0/s1. The van der Waals surface area contributed by atoms with Crippen molar-refractivity contribution in [3.63, 3.8) is 0 Å². The summed E-state index contributed by atoms with van der Waals surface area (Å²) >= 11 is 0. The Morgan fingerprint density at radius 3 is 2.37 bits per heavy atom. The fraction of sp³-hybridized carbons (Fsp3) is 0.400. The fourth-order valence-corrected chi connectivity index (χ4v) is 4.39. The lowest BCUT2D eigenvalue weighted by molar-refractivity contribution is -0.122. The maximum absolute atomic E-state index is 12.8. The Kier molecular flexibility index (Phi) is 3.63. The molecule has 3 aliphatic rings. The molecule has 1 aliphatic carbocycles. The number of anilines is 2. The Balaban J connectivity index is 1.53. The van der Waals surface area contributed by atoms with Crippen molar-refractivity contribution in [1.82, 2.24) is 14.8 Å². The first-order valence-electron chi connectivity index (χ1n) is 9.44. The zero-order valence-electron chi connectivity index (χ0n) is 15.1. The van der Waals surface area contributed by atoms with Crippen LogP contribution < -0.4 is 10.2 Å². The van der Waals surface area contributed by atoms with Gasteiger partial charge in [-0.05, 0) is 31.7 Å². The third-order valence-electron chi connectivity index (χ3n) is 5.76. The highest BCUT2D eigenvalue weighted by Gasteiger charge is 2.49. The van der Waals surface area contributed by atoms with E-state index < -0.39 is 0 Å². The van der Waals surface area contributed by atoms with Crippen LogP contribution in [0.2, 0.25) is 0 Å². The van der Waals surface area contributed by atoms with Gasteiger partial charge in [0.1, 0.15) is 0 Å². The lowest BCUT2D eigenvalue weighted by atomic mass is 9.85. The van der Waals surface area contributed by atoms with E-state index in [1.54, 1.807) is 0 Å². The third kappa shape index (κ3) is 2.49. The van der Waals surface area contributed by atoms with Gasteiger partial charge in [0.25, 0.3) is 5.95 Å². The molecule has 0 radical (unpaired) electrons. The Hall–Kier alpha value is -2.96. The van der Waals surface area contributed by atoms with Crippen LogP contribution >= 0.6 is 0 Å². The molecule has 1 fully saturated rings. The summed E-state index contributed by atoms with van der Waals surface area (Å²) in [6, 6.07) is 10.4. The summed E-state index contributed by atoms with van der Waals surface area (Å²) in [6.07, 6.45) is 6.05. The third-order valence-corrected chi connectivity index (χ3v) is 5.76. The molecule has 2 aliphatic heterocycles. The summed E-state index contributed by atoms with van der Waals surface area (Å²) in [6.45, 7) is 2.10. The number of hydrogen-bond donors (Lipinski definition) is 1. The molecule has 3 heterocycles. The molecule has 0 spiro atoms. The van der Waals surface area contributed by atoms with E-state index >= 15 is 0 Å². The average molecular weight is 363 g/mol. The number of amides is 2. The summed E-state index contributed by atoms with van der Waals surface area (Å²) in [5, 5.41) is 7.91. The van der Waals surface area contributed by atoms with Gasteiger partial charge in [-0.3, -0.25) is 9.59 Å². The Morgan fingerprint density at radius 2 is 1.70 bits per heavy atom. The summed E-state index contributed by atoms with van der Waals surface area (Å²) in [5.74, 6) is -0.119. The molecule has 27 heavy (non-hydrogen) atoms. The number of imide groups is 1. The minimum Gasteiger partial charge on any atom is -0.352 e. The van der Waals surface area contributed by atoms with Crippen molar-refractivity contribution in [1.29, 1.82) is 0 Å². The van der Waals surface area contributed by atoms with Crippen molar-refractivity contribution in [2.24, 2.45) is 11.8 Å². The van der Waals surface area contributed by atoms with Gasteiger partial charge >= 0.3 is 0 Å². The molecule has 1 N–H and O–H groups in total. The van der Waals surface area contributed by atoms with E-state index in [9.17, 15) is 9.59 Å². The van der Waals surface area contributed by atoms with Gasteiger partial charge in [0.05, 0.1) is 17.9 Å². The minimum absolute atomic E-state index is 0.0236. The van der Waals surface area contributed by atoms with Crippen LogP contribution in [-0.4, -0.2) is 32.6 Å².